The maximum atomic E-state index is 13.2. The number of carbonyl (C=O) groups excluding carboxylic acids is 1. The molecule has 0 aromatic heterocycles. The molecule has 542 valence electrons. The molecule has 0 spiro atoms. The number of hydrogen-bond acceptors (Lipinski definition) is 8. The average Bonchev–Trinajstić information content (AvgIpc) is 1.02. The second-order valence-corrected chi connectivity index (χ2v) is 27.8. The van der Waals surface area contributed by atoms with Crippen molar-refractivity contribution in [3.63, 3.8) is 0 Å². The van der Waals surface area contributed by atoms with Gasteiger partial charge in [0.25, 0.3) is 0 Å². The summed E-state index contributed by atoms with van der Waals surface area (Å²) in [5.74, 6) is -0.180. The van der Waals surface area contributed by atoms with Crippen LogP contribution in [-0.2, 0) is 14.3 Å². The molecule has 0 aromatic carbocycles. The zero-order valence-electron chi connectivity index (χ0n) is 61.0. The lowest BCUT2D eigenvalue weighted by molar-refractivity contribution is -0.302. The predicted molar refractivity (Wildman–Crippen MR) is 401 cm³/mol. The molecule has 1 fully saturated rings. The first-order valence-corrected chi connectivity index (χ1v) is 40.3. The molecule has 1 saturated heterocycles. The maximum absolute atomic E-state index is 13.2. The van der Waals surface area contributed by atoms with Gasteiger partial charge in [-0.3, -0.25) is 4.79 Å². The van der Waals surface area contributed by atoms with Gasteiger partial charge in [-0.2, -0.15) is 0 Å². The molecule has 1 aliphatic rings. The smallest absolute Gasteiger partial charge is 0.220 e. The Kier molecular flexibility index (Phi) is 68.5. The highest BCUT2D eigenvalue weighted by Crippen LogP contribution is 2.24. The van der Waals surface area contributed by atoms with E-state index in [0.29, 0.717) is 6.42 Å². The molecule has 1 aliphatic heterocycles. The van der Waals surface area contributed by atoms with Gasteiger partial charge in [-0.05, 0) is 77.0 Å². The van der Waals surface area contributed by atoms with Crippen molar-refractivity contribution in [3.8, 4) is 0 Å². The molecule has 1 heterocycles. The summed E-state index contributed by atoms with van der Waals surface area (Å²) in [4.78, 5) is 13.2. The van der Waals surface area contributed by atoms with Crippen molar-refractivity contribution in [1.29, 1.82) is 0 Å². The minimum absolute atomic E-state index is 0.180. The van der Waals surface area contributed by atoms with Crippen LogP contribution in [0.1, 0.15) is 386 Å². The predicted octanol–water partition coefficient (Wildman–Crippen LogP) is 23.2. The van der Waals surface area contributed by atoms with Crippen LogP contribution in [0.15, 0.2) is 85.1 Å². The standard InChI is InChI=1S/C84H153NO8/c1-3-5-7-9-11-13-15-17-19-21-23-25-27-29-31-33-35-36-37-38-39-40-41-42-44-46-48-50-52-54-56-58-60-62-64-66-68-70-72-74-80(88)85-77(76-92-84-83(91)82(90)81(89)79(75-86)93-84)78(87)73-71-69-67-65-63-61-59-57-55-53-51-49-47-45-43-34-32-30-28-26-24-22-20-18-16-14-12-10-8-6-4-2/h5,7,11,13,17,19,23,25,29,31,63,65,71,73,77-79,81-84,86-87,89-91H,3-4,6,8-10,12,14-16,18,20-22,24,26-28,30,32-62,64,66-70,72,74-76H2,1-2H3,(H,85,88)/b7-5-,13-11-,19-17-,25-23-,31-29-,65-63+,73-71+. The fraction of sp³-hybridized carbons (Fsp3) is 0.821. The largest absolute Gasteiger partial charge is 0.394 e. The van der Waals surface area contributed by atoms with Crippen molar-refractivity contribution in [1.82, 2.24) is 5.32 Å². The van der Waals surface area contributed by atoms with Gasteiger partial charge in [0, 0.05) is 6.42 Å². The highest BCUT2D eigenvalue weighted by Gasteiger charge is 2.44. The summed E-state index contributed by atoms with van der Waals surface area (Å²) in [6.07, 6.45) is 97.4. The maximum Gasteiger partial charge on any atom is 0.220 e. The molecule has 1 rings (SSSR count). The van der Waals surface area contributed by atoms with Crippen LogP contribution in [0.4, 0.5) is 0 Å². The molecule has 9 nitrogen and oxygen atoms in total. The van der Waals surface area contributed by atoms with E-state index in [1.54, 1.807) is 6.08 Å². The van der Waals surface area contributed by atoms with Crippen LogP contribution in [0.5, 0.6) is 0 Å². The molecule has 93 heavy (non-hydrogen) atoms. The summed E-state index contributed by atoms with van der Waals surface area (Å²) < 4.78 is 11.3. The molecule has 0 radical (unpaired) electrons. The first-order chi connectivity index (χ1) is 45.8. The number of aliphatic hydroxyl groups is 5. The molecule has 7 atom stereocenters. The van der Waals surface area contributed by atoms with Crippen LogP contribution < -0.4 is 5.32 Å². The molecule has 9 heteroatoms. The van der Waals surface area contributed by atoms with Crippen molar-refractivity contribution in [3.05, 3.63) is 85.1 Å². The van der Waals surface area contributed by atoms with E-state index in [1.165, 1.54) is 295 Å². The minimum atomic E-state index is -1.58. The number of nitrogens with one attached hydrogen (secondary N) is 1. The number of carbonyl (C=O) groups is 1. The number of rotatable bonds is 71. The second kappa shape index (κ2) is 72.1. The Morgan fingerprint density at radius 3 is 1.03 bits per heavy atom. The van der Waals surface area contributed by atoms with Gasteiger partial charge >= 0.3 is 0 Å². The SMILES string of the molecule is CC/C=C\C/C=C\C/C=C\C/C=C\C/C=C\CCCCCCCCCCCCCCCCCCCCCCCCCC(=O)NC(COC1OC(CO)C(O)C(O)C1O)C(O)/C=C/CC/C=C/CCCCCCCCCCCCCCCCCCCCCCCCCCC. The Morgan fingerprint density at radius 2 is 0.677 bits per heavy atom. The van der Waals surface area contributed by atoms with Gasteiger partial charge in [0.2, 0.25) is 5.91 Å². The lowest BCUT2D eigenvalue weighted by atomic mass is 9.99. The highest BCUT2D eigenvalue weighted by molar-refractivity contribution is 5.76. The Balaban J connectivity index is 2.07. The van der Waals surface area contributed by atoms with Crippen molar-refractivity contribution in [2.24, 2.45) is 0 Å². The number of hydrogen-bond donors (Lipinski definition) is 6. The van der Waals surface area contributed by atoms with E-state index < -0.39 is 49.5 Å². The second-order valence-electron chi connectivity index (χ2n) is 27.8. The summed E-state index contributed by atoms with van der Waals surface area (Å²) in [7, 11) is 0. The fourth-order valence-corrected chi connectivity index (χ4v) is 12.7. The van der Waals surface area contributed by atoms with Crippen LogP contribution in [0.3, 0.4) is 0 Å². The minimum Gasteiger partial charge on any atom is -0.394 e. The molecule has 0 aliphatic carbocycles. The first-order valence-electron chi connectivity index (χ1n) is 40.3. The van der Waals surface area contributed by atoms with E-state index >= 15 is 0 Å². The number of amides is 1. The molecule has 7 unspecified atom stereocenters. The Hall–Kier alpha value is -2.63. The van der Waals surface area contributed by atoms with Crippen molar-refractivity contribution >= 4 is 5.91 Å². The van der Waals surface area contributed by atoms with Gasteiger partial charge in [0.1, 0.15) is 24.4 Å². The zero-order chi connectivity index (χ0) is 67.1. The van der Waals surface area contributed by atoms with Crippen LogP contribution in [0, 0.1) is 0 Å². The molecule has 0 saturated carbocycles. The molecule has 0 aromatic rings. The number of ether oxygens (including phenoxy) is 2. The van der Waals surface area contributed by atoms with Crippen LogP contribution >= 0.6 is 0 Å². The van der Waals surface area contributed by atoms with Gasteiger partial charge in [-0.25, -0.2) is 0 Å². The third-order valence-corrected chi connectivity index (χ3v) is 19.0. The lowest BCUT2D eigenvalue weighted by Gasteiger charge is -2.40. The topological polar surface area (TPSA) is 149 Å². The van der Waals surface area contributed by atoms with Gasteiger partial charge in [-0.1, -0.05) is 388 Å². The molecular formula is C84H153NO8. The Morgan fingerprint density at radius 1 is 0.376 bits per heavy atom. The van der Waals surface area contributed by atoms with E-state index in [1.807, 2.05) is 6.08 Å². The summed E-state index contributed by atoms with van der Waals surface area (Å²) in [6.45, 7) is 3.70. The van der Waals surface area contributed by atoms with Gasteiger partial charge < -0.3 is 40.3 Å². The monoisotopic (exact) mass is 1300 g/mol. The van der Waals surface area contributed by atoms with Crippen molar-refractivity contribution in [2.45, 2.75) is 429 Å². The van der Waals surface area contributed by atoms with E-state index in [-0.39, 0.29) is 12.5 Å². The molecular weight excluding hydrogens is 1150 g/mol. The van der Waals surface area contributed by atoms with Crippen molar-refractivity contribution < 1.29 is 39.8 Å². The zero-order valence-corrected chi connectivity index (χ0v) is 61.0. The van der Waals surface area contributed by atoms with E-state index in [0.717, 1.165) is 70.6 Å². The van der Waals surface area contributed by atoms with Gasteiger partial charge in [0.05, 0.1) is 25.4 Å². The fourth-order valence-electron chi connectivity index (χ4n) is 12.7. The Labute approximate surface area is 575 Å². The summed E-state index contributed by atoms with van der Waals surface area (Å²) in [6, 6.07) is -0.826. The third kappa shape index (κ3) is 60.3. The summed E-state index contributed by atoms with van der Waals surface area (Å²) >= 11 is 0. The van der Waals surface area contributed by atoms with Gasteiger partial charge in [0.15, 0.2) is 6.29 Å². The number of aliphatic hydroxyl groups excluding tert-OH is 5. The van der Waals surface area contributed by atoms with Crippen LogP contribution in [0.25, 0.3) is 0 Å². The highest BCUT2D eigenvalue weighted by atomic mass is 16.7. The van der Waals surface area contributed by atoms with E-state index in [4.69, 9.17) is 9.47 Å². The molecule has 1 amide bonds. The summed E-state index contributed by atoms with van der Waals surface area (Å²) in [5, 5.41) is 54.9. The van der Waals surface area contributed by atoms with Crippen molar-refractivity contribution in [2.75, 3.05) is 13.2 Å². The normalized spacial score (nSPS) is 18.0. The summed E-state index contributed by atoms with van der Waals surface area (Å²) in [5.41, 5.74) is 0. The van der Waals surface area contributed by atoms with Crippen LogP contribution in [0.2, 0.25) is 0 Å². The quantitative estimate of drug-likeness (QED) is 0.0261. The van der Waals surface area contributed by atoms with Crippen LogP contribution in [-0.4, -0.2) is 87.5 Å². The molecule has 6 N–H and O–H groups in total. The van der Waals surface area contributed by atoms with Gasteiger partial charge in [-0.15, -0.1) is 0 Å². The first kappa shape index (κ1) is 88.4. The Bertz CT molecular complexity index is 1750. The van der Waals surface area contributed by atoms with E-state index in [2.05, 4.69) is 92.1 Å². The number of allylic oxidation sites excluding steroid dienone is 13. The molecule has 0 bridgehead atoms. The average molecular weight is 1310 g/mol. The third-order valence-electron chi connectivity index (χ3n) is 19.0. The van der Waals surface area contributed by atoms with E-state index in [9.17, 15) is 30.3 Å². The lowest BCUT2D eigenvalue weighted by Crippen LogP contribution is -2.60. The number of unbranched alkanes of at least 4 members (excludes halogenated alkanes) is 49.